The van der Waals surface area contributed by atoms with E-state index in [1.54, 1.807) is 0 Å². The minimum atomic E-state index is -2.89. The third-order valence-corrected chi connectivity index (χ3v) is 6.76. The van der Waals surface area contributed by atoms with Crippen LogP contribution < -0.4 is 5.32 Å². The van der Waals surface area contributed by atoms with Crippen LogP contribution in [0.1, 0.15) is 32.1 Å². The highest BCUT2D eigenvalue weighted by molar-refractivity contribution is 7.91. The fraction of sp³-hybridized carbons (Fsp3) is 1.00. The number of fused-ring (bicyclic) bond motifs is 1. The van der Waals surface area contributed by atoms with Crippen molar-refractivity contribution in [1.29, 1.82) is 0 Å². The molecule has 1 N–H and O–H groups in total. The minimum absolute atomic E-state index is 0.114. The molecule has 0 aromatic rings. The number of hydrogen-bond acceptors (Lipinski definition) is 4. The molecule has 4 unspecified atom stereocenters. The summed E-state index contributed by atoms with van der Waals surface area (Å²) >= 11 is 0. The molecule has 2 aliphatic heterocycles. The quantitative estimate of drug-likeness (QED) is 0.801. The molecule has 0 bridgehead atoms. The Morgan fingerprint density at radius 1 is 1.06 bits per heavy atom. The molecule has 0 radical (unpaired) electrons. The number of hydrogen-bond donors (Lipinski definition) is 1. The summed E-state index contributed by atoms with van der Waals surface area (Å²) < 4.78 is 23.9. The average molecular weight is 272 g/mol. The van der Waals surface area contributed by atoms with Gasteiger partial charge in [-0.3, -0.25) is 4.90 Å². The Morgan fingerprint density at radius 2 is 1.89 bits per heavy atom. The second kappa shape index (κ2) is 4.76. The summed E-state index contributed by atoms with van der Waals surface area (Å²) in [5, 5.41) is 3.37. The van der Waals surface area contributed by atoms with E-state index in [0.29, 0.717) is 6.04 Å². The molecule has 4 atom stereocenters. The number of rotatable bonds is 2. The van der Waals surface area contributed by atoms with Gasteiger partial charge in [0.05, 0.1) is 5.25 Å². The van der Waals surface area contributed by atoms with Gasteiger partial charge in [-0.25, -0.2) is 8.42 Å². The second-order valence-corrected chi connectivity index (χ2v) is 8.50. The lowest BCUT2D eigenvalue weighted by molar-refractivity contribution is 0.0809. The Morgan fingerprint density at radius 3 is 2.67 bits per heavy atom. The normalized spacial score (nSPS) is 42.1. The second-order valence-electron chi connectivity index (χ2n) is 6.23. The van der Waals surface area contributed by atoms with Gasteiger partial charge in [0.15, 0.2) is 9.84 Å². The zero-order chi connectivity index (χ0) is 12.8. The van der Waals surface area contributed by atoms with E-state index in [0.717, 1.165) is 44.8 Å². The van der Waals surface area contributed by atoms with E-state index in [1.807, 2.05) is 0 Å². The van der Waals surface area contributed by atoms with Crippen LogP contribution in [0.2, 0.25) is 0 Å². The fourth-order valence-corrected chi connectivity index (χ4v) is 5.76. The molecule has 2 heterocycles. The molecule has 1 saturated carbocycles. The van der Waals surface area contributed by atoms with E-state index in [2.05, 4.69) is 10.2 Å². The first-order valence-corrected chi connectivity index (χ1v) is 9.18. The number of nitrogens with zero attached hydrogens (tertiary/aromatic N) is 1. The molecule has 5 heteroatoms. The van der Waals surface area contributed by atoms with Crippen LogP contribution in [-0.4, -0.2) is 56.5 Å². The average Bonchev–Trinajstić information content (AvgIpc) is 2.96. The molecule has 4 nitrogen and oxygen atoms in total. The Balaban J connectivity index is 1.80. The van der Waals surface area contributed by atoms with Gasteiger partial charge < -0.3 is 5.32 Å². The van der Waals surface area contributed by atoms with Crippen LogP contribution in [0.5, 0.6) is 0 Å². The number of likely N-dealkylation sites (tertiary alicyclic amines) is 1. The van der Waals surface area contributed by atoms with Crippen molar-refractivity contribution in [2.45, 2.75) is 49.4 Å². The highest BCUT2D eigenvalue weighted by Crippen LogP contribution is 2.36. The maximum atomic E-state index is 11.9. The largest absolute Gasteiger partial charge is 0.315 e. The van der Waals surface area contributed by atoms with Gasteiger partial charge in [-0.15, -0.1) is 0 Å². The minimum Gasteiger partial charge on any atom is -0.315 e. The molecule has 1 aliphatic carbocycles. The number of sulfone groups is 1. The van der Waals surface area contributed by atoms with Crippen molar-refractivity contribution >= 4 is 9.84 Å². The van der Waals surface area contributed by atoms with E-state index in [1.165, 1.54) is 19.1 Å². The molecule has 3 rings (SSSR count). The number of piperidine rings is 1. The lowest BCUT2D eigenvalue weighted by Crippen LogP contribution is -2.54. The molecule has 3 fully saturated rings. The Kier molecular flexibility index (Phi) is 3.41. The van der Waals surface area contributed by atoms with Crippen LogP contribution in [0.25, 0.3) is 0 Å². The van der Waals surface area contributed by atoms with E-state index >= 15 is 0 Å². The van der Waals surface area contributed by atoms with Crippen LogP contribution in [0, 0.1) is 5.92 Å². The topological polar surface area (TPSA) is 49.4 Å². The lowest BCUT2D eigenvalue weighted by Gasteiger charge is -2.42. The van der Waals surface area contributed by atoms with Gasteiger partial charge in [-0.1, -0.05) is 6.42 Å². The molecular weight excluding hydrogens is 248 g/mol. The van der Waals surface area contributed by atoms with Crippen LogP contribution in [0.15, 0.2) is 0 Å². The van der Waals surface area contributed by atoms with Crippen LogP contribution in [0.4, 0.5) is 0 Å². The smallest absolute Gasteiger partial charge is 0.151 e. The standard InChI is InChI=1S/C13H24N2O2S/c1-18(16,17)13-6-2-5-11(13)15-7-3-4-10-8-14-9-12(10)15/h10-14H,2-9H2,1H3. The van der Waals surface area contributed by atoms with Crippen molar-refractivity contribution in [1.82, 2.24) is 10.2 Å². The summed E-state index contributed by atoms with van der Waals surface area (Å²) in [7, 11) is -2.89. The van der Waals surface area contributed by atoms with Gasteiger partial charge in [0, 0.05) is 24.9 Å². The van der Waals surface area contributed by atoms with E-state index in [-0.39, 0.29) is 11.3 Å². The molecule has 0 aromatic carbocycles. The first-order valence-electron chi connectivity index (χ1n) is 7.22. The first-order chi connectivity index (χ1) is 8.57. The summed E-state index contributed by atoms with van der Waals surface area (Å²) in [5.74, 6) is 0.750. The highest BCUT2D eigenvalue weighted by Gasteiger charge is 2.44. The summed E-state index contributed by atoms with van der Waals surface area (Å²) in [6, 6.07) is 0.874. The Hall–Kier alpha value is -0.130. The summed E-state index contributed by atoms with van der Waals surface area (Å²) in [5.41, 5.74) is 0. The third kappa shape index (κ3) is 2.21. The molecule has 3 aliphatic rings. The molecule has 0 amide bonds. The lowest BCUT2D eigenvalue weighted by atomic mass is 9.90. The van der Waals surface area contributed by atoms with Gasteiger partial charge in [-0.2, -0.15) is 0 Å². The van der Waals surface area contributed by atoms with Crippen molar-refractivity contribution in [2.75, 3.05) is 25.9 Å². The van der Waals surface area contributed by atoms with E-state index in [4.69, 9.17) is 0 Å². The molecule has 0 aromatic heterocycles. The Bertz CT molecular complexity index is 409. The number of nitrogens with one attached hydrogen (secondary N) is 1. The van der Waals surface area contributed by atoms with Crippen molar-refractivity contribution < 1.29 is 8.42 Å². The summed E-state index contributed by atoms with van der Waals surface area (Å²) in [6.07, 6.45) is 6.97. The predicted octanol–water partition coefficient (Wildman–Crippen LogP) is 0.636. The Labute approximate surface area is 110 Å². The van der Waals surface area contributed by atoms with E-state index < -0.39 is 9.84 Å². The summed E-state index contributed by atoms with van der Waals surface area (Å²) in [4.78, 5) is 2.53. The maximum absolute atomic E-state index is 11.9. The monoisotopic (exact) mass is 272 g/mol. The SMILES string of the molecule is CS(=O)(=O)C1CCCC1N1CCCC2CNCC21. The van der Waals surface area contributed by atoms with Crippen molar-refractivity contribution in [3.8, 4) is 0 Å². The van der Waals surface area contributed by atoms with Gasteiger partial charge >= 0.3 is 0 Å². The first kappa shape index (κ1) is 12.9. The van der Waals surface area contributed by atoms with Gasteiger partial charge in [0.25, 0.3) is 0 Å². The molecule has 2 saturated heterocycles. The molecule has 104 valence electrons. The molecular formula is C13H24N2O2S. The zero-order valence-electron chi connectivity index (χ0n) is 11.1. The van der Waals surface area contributed by atoms with Crippen LogP contribution in [-0.2, 0) is 9.84 Å². The van der Waals surface area contributed by atoms with Gasteiger partial charge in [0.1, 0.15) is 0 Å². The van der Waals surface area contributed by atoms with Gasteiger partial charge in [-0.05, 0) is 44.7 Å². The van der Waals surface area contributed by atoms with Gasteiger partial charge in [0.2, 0.25) is 0 Å². The molecule has 0 spiro atoms. The van der Waals surface area contributed by atoms with Crippen molar-refractivity contribution in [3.05, 3.63) is 0 Å². The zero-order valence-corrected chi connectivity index (χ0v) is 12.0. The fourth-order valence-electron chi connectivity index (χ4n) is 4.30. The van der Waals surface area contributed by atoms with Crippen molar-refractivity contribution in [2.24, 2.45) is 5.92 Å². The van der Waals surface area contributed by atoms with E-state index in [9.17, 15) is 8.42 Å². The molecule has 18 heavy (non-hydrogen) atoms. The summed E-state index contributed by atoms with van der Waals surface area (Å²) in [6.45, 7) is 3.27. The predicted molar refractivity (Wildman–Crippen MR) is 72.4 cm³/mol. The van der Waals surface area contributed by atoms with Crippen LogP contribution in [0.3, 0.4) is 0 Å². The highest BCUT2D eigenvalue weighted by atomic mass is 32.2. The third-order valence-electron chi connectivity index (χ3n) is 5.11. The van der Waals surface area contributed by atoms with Crippen LogP contribution >= 0.6 is 0 Å². The maximum Gasteiger partial charge on any atom is 0.151 e. The van der Waals surface area contributed by atoms with Crippen molar-refractivity contribution in [3.63, 3.8) is 0 Å².